The molecule has 16 heavy (non-hydrogen) atoms. The van der Waals surface area contributed by atoms with Crippen molar-refractivity contribution in [3.8, 4) is 0 Å². The minimum absolute atomic E-state index is 0.0115. The number of carbonyl (C=O) groups is 1. The molecule has 1 rings (SSSR count). The predicted octanol–water partition coefficient (Wildman–Crippen LogP) is 2.37. The van der Waals surface area contributed by atoms with Gasteiger partial charge in [-0.15, -0.1) is 0 Å². The molecule has 1 N–H and O–H groups in total. The summed E-state index contributed by atoms with van der Waals surface area (Å²) in [7, 11) is 0. The molecule has 0 aromatic carbocycles. The van der Waals surface area contributed by atoms with E-state index in [-0.39, 0.29) is 18.1 Å². The van der Waals surface area contributed by atoms with Crippen molar-refractivity contribution in [2.24, 2.45) is 5.92 Å². The second kappa shape index (κ2) is 5.67. The lowest BCUT2D eigenvalue weighted by Crippen LogP contribution is -2.41. The lowest BCUT2D eigenvalue weighted by Gasteiger charge is -2.28. The van der Waals surface area contributed by atoms with Gasteiger partial charge in [0.15, 0.2) is 0 Å². The topological polar surface area (TPSA) is 32.3 Å². The first-order valence-corrected chi connectivity index (χ1v) is 6.51. The summed E-state index contributed by atoms with van der Waals surface area (Å²) in [5, 5.41) is 3.27. The number of nitrogens with zero attached hydrogens (tertiary/aromatic N) is 1. The Labute approximate surface area is 99.6 Å². The number of nitrogens with one attached hydrogen (secondary N) is 1. The van der Waals surface area contributed by atoms with E-state index >= 15 is 0 Å². The standard InChI is InChI=1S/C13H26N2O/c1-9(2)7-6-8-10(3)15-12(5)14-11(4)13(15)16/h9-12,14H,6-8H2,1-5H3. The van der Waals surface area contributed by atoms with Crippen LogP contribution >= 0.6 is 0 Å². The van der Waals surface area contributed by atoms with Gasteiger partial charge in [-0.2, -0.15) is 0 Å². The molecule has 0 aliphatic carbocycles. The highest BCUT2D eigenvalue weighted by atomic mass is 16.2. The van der Waals surface area contributed by atoms with Crippen LogP contribution in [0.5, 0.6) is 0 Å². The number of amides is 1. The van der Waals surface area contributed by atoms with Crippen molar-refractivity contribution in [1.82, 2.24) is 10.2 Å². The van der Waals surface area contributed by atoms with Crippen LogP contribution in [0.3, 0.4) is 0 Å². The van der Waals surface area contributed by atoms with E-state index in [0.717, 1.165) is 12.3 Å². The van der Waals surface area contributed by atoms with Crippen molar-refractivity contribution in [3.63, 3.8) is 0 Å². The van der Waals surface area contributed by atoms with Gasteiger partial charge in [-0.3, -0.25) is 10.1 Å². The molecule has 0 saturated carbocycles. The van der Waals surface area contributed by atoms with Crippen LogP contribution in [0.1, 0.15) is 53.9 Å². The summed E-state index contributed by atoms with van der Waals surface area (Å²) < 4.78 is 0. The molecule has 0 radical (unpaired) electrons. The molecule has 3 unspecified atom stereocenters. The highest BCUT2D eigenvalue weighted by molar-refractivity contribution is 5.84. The average Bonchev–Trinajstić information content (AvgIpc) is 2.40. The van der Waals surface area contributed by atoms with Crippen LogP contribution in [0.4, 0.5) is 0 Å². The molecule has 3 heteroatoms. The molecular formula is C13H26N2O. The SMILES string of the molecule is CC(C)CCCC(C)N1C(=O)C(C)NC1C. The third-order valence-electron chi connectivity index (χ3n) is 3.41. The van der Waals surface area contributed by atoms with Crippen molar-refractivity contribution in [3.05, 3.63) is 0 Å². The van der Waals surface area contributed by atoms with E-state index in [2.05, 4.69) is 33.0 Å². The fourth-order valence-electron chi connectivity index (χ4n) is 2.49. The number of hydrogen-bond donors (Lipinski definition) is 1. The van der Waals surface area contributed by atoms with Gasteiger partial charge in [-0.05, 0) is 33.1 Å². The van der Waals surface area contributed by atoms with Crippen LogP contribution in [-0.4, -0.2) is 29.1 Å². The van der Waals surface area contributed by atoms with Gasteiger partial charge in [0.25, 0.3) is 0 Å². The quantitative estimate of drug-likeness (QED) is 0.780. The summed E-state index contributed by atoms with van der Waals surface area (Å²) in [5.41, 5.74) is 0. The van der Waals surface area contributed by atoms with E-state index in [4.69, 9.17) is 0 Å². The zero-order valence-electron chi connectivity index (χ0n) is 11.3. The molecule has 1 amide bonds. The molecule has 1 heterocycles. The van der Waals surface area contributed by atoms with E-state index < -0.39 is 0 Å². The largest absolute Gasteiger partial charge is 0.323 e. The van der Waals surface area contributed by atoms with Crippen molar-refractivity contribution in [2.45, 2.75) is 72.1 Å². The first kappa shape index (κ1) is 13.5. The summed E-state index contributed by atoms with van der Waals surface area (Å²) in [5.74, 6) is 1.01. The summed E-state index contributed by atoms with van der Waals surface area (Å²) in [6.07, 6.45) is 3.77. The zero-order valence-corrected chi connectivity index (χ0v) is 11.3. The lowest BCUT2D eigenvalue weighted by molar-refractivity contribution is -0.131. The van der Waals surface area contributed by atoms with Crippen LogP contribution in [0.25, 0.3) is 0 Å². The molecule has 0 bridgehead atoms. The molecule has 3 nitrogen and oxygen atoms in total. The molecule has 1 aliphatic rings. The van der Waals surface area contributed by atoms with Crippen molar-refractivity contribution in [1.29, 1.82) is 0 Å². The number of carbonyl (C=O) groups excluding carboxylic acids is 1. The molecule has 3 atom stereocenters. The van der Waals surface area contributed by atoms with E-state index in [1.54, 1.807) is 0 Å². The highest BCUT2D eigenvalue weighted by Gasteiger charge is 2.35. The van der Waals surface area contributed by atoms with E-state index in [1.807, 2.05) is 11.8 Å². The van der Waals surface area contributed by atoms with Gasteiger partial charge in [-0.1, -0.05) is 26.7 Å². The van der Waals surface area contributed by atoms with E-state index in [1.165, 1.54) is 12.8 Å². The Kier molecular flexibility index (Phi) is 4.78. The Hall–Kier alpha value is -0.570. The Morgan fingerprint density at radius 2 is 1.88 bits per heavy atom. The summed E-state index contributed by atoms with van der Waals surface area (Å²) in [4.78, 5) is 13.9. The maximum absolute atomic E-state index is 11.9. The van der Waals surface area contributed by atoms with Crippen LogP contribution in [-0.2, 0) is 4.79 Å². The molecule has 1 fully saturated rings. The maximum atomic E-state index is 11.9. The van der Waals surface area contributed by atoms with Gasteiger partial charge in [-0.25, -0.2) is 0 Å². The summed E-state index contributed by atoms with van der Waals surface area (Å²) in [6.45, 7) is 10.7. The predicted molar refractivity (Wildman–Crippen MR) is 67.1 cm³/mol. The second-order valence-corrected chi connectivity index (χ2v) is 5.48. The minimum atomic E-state index is -0.0115. The van der Waals surface area contributed by atoms with Crippen molar-refractivity contribution in [2.75, 3.05) is 0 Å². The van der Waals surface area contributed by atoms with Gasteiger partial charge in [0.2, 0.25) is 5.91 Å². The Morgan fingerprint density at radius 3 is 2.31 bits per heavy atom. The Morgan fingerprint density at radius 1 is 1.25 bits per heavy atom. The van der Waals surface area contributed by atoms with Crippen LogP contribution in [0, 0.1) is 5.92 Å². The summed E-state index contributed by atoms with van der Waals surface area (Å²) in [6, 6.07) is 0.348. The fourth-order valence-corrected chi connectivity index (χ4v) is 2.49. The highest BCUT2D eigenvalue weighted by Crippen LogP contribution is 2.19. The van der Waals surface area contributed by atoms with E-state index in [9.17, 15) is 4.79 Å². The monoisotopic (exact) mass is 226 g/mol. The molecular weight excluding hydrogens is 200 g/mol. The molecule has 94 valence electrons. The van der Waals surface area contributed by atoms with Gasteiger partial charge in [0.1, 0.15) is 0 Å². The van der Waals surface area contributed by atoms with Gasteiger partial charge in [0, 0.05) is 6.04 Å². The Balaban J connectivity index is 2.41. The van der Waals surface area contributed by atoms with Crippen LogP contribution in [0.15, 0.2) is 0 Å². The summed E-state index contributed by atoms with van der Waals surface area (Å²) >= 11 is 0. The minimum Gasteiger partial charge on any atom is -0.323 e. The normalized spacial score (nSPS) is 27.9. The van der Waals surface area contributed by atoms with Crippen molar-refractivity contribution < 1.29 is 4.79 Å². The third kappa shape index (κ3) is 3.21. The third-order valence-corrected chi connectivity index (χ3v) is 3.41. The Bertz CT molecular complexity index is 240. The van der Waals surface area contributed by atoms with Crippen LogP contribution in [0.2, 0.25) is 0 Å². The maximum Gasteiger partial charge on any atom is 0.240 e. The van der Waals surface area contributed by atoms with Crippen LogP contribution < -0.4 is 5.32 Å². The molecule has 1 aliphatic heterocycles. The second-order valence-electron chi connectivity index (χ2n) is 5.48. The van der Waals surface area contributed by atoms with Gasteiger partial charge in [0.05, 0.1) is 12.2 Å². The molecule has 0 spiro atoms. The fraction of sp³-hybridized carbons (Fsp3) is 0.923. The lowest BCUT2D eigenvalue weighted by atomic mass is 10.0. The smallest absolute Gasteiger partial charge is 0.240 e. The first-order chi connectivity index (χ1) is 7.43. The van der Waals surface area contributed by atoms with Gasteiger partial charge >= 0.3 is 0 Å². The number of rotatable bonds is 5. The number of hydrogen-bond acceptors (Lipinski definition) is 2. The zero-order chi connectivity index (χ0) is 12.3. The van der Waals surface area contributed by atoms with Gasteiger partial charge < -0.3 is 4.90 Å². The average molecular weight is 226 g/mol. The first-order valence-electron chi connectivity index (χ1n) is 6.51. The molecule has 1 saturated heterocycles. The molecule has 0 aromatic heterocycles. The molecule has 0 aromatic rings. The van der Waals surface area contributed by atoms with E-state index in [0.29, 0.717) is 6.04 Å². The van der Waals surface area contributed by atoms with Crippen molar-refractivity contribution >= 4 is 5.91 Å².